The number of nitrogens with zero attached hydrogens (tertiary/aromatic N) is 1. The summed E-state index contributed by atoms with van der Waals surface area (Å²) in [5.74, 6) is 0.725. The molecule has 1 aliphatic heterocycles. The van der Waals surface area contributed by atoms with E-state index < -0.39 is 0 Å². The fourth-order valence-electron chi connectivity index (χ4n) is 2.25. The van der Waals surface area contributed by atoms with Crippen LogP contribution in [-0.4, -0.2) is 49.8 Å². The van der Waals surface area contributed by atoms with Crippen LogP contribution in [0.25, 0.3) is 0 Å². The lowest BCUT2D eigenvalue weighted by molar-refractivity contribution is -0.135. The number of carbonyl (C=O) groups is 1. The zero-order valence-corrected chi connectivity index (χ0v) is 10.7. The Morgan fingerprint density at radius 1 is 1.18 bits per heavy atom. The standard InChI is InChI=1S/C13H23NO3/c1-2-16-9-10-17-12-5-7-14(8-6-12)13(15)11-3-4-11/h11-12H,2-10H2,1H3. The molecular formula is C13H23NO3. The molecule has 0 aromatic carbocycles. The fourth-order valence-corrected chi connectivity index (χ4v) is 2.25. The largest absolute Gasteiger partial charge is 0.379 e. The van der Waals surface area contributed by atoms with E-state index in [0.717, 1.165) is 45.4 Å². The molecule has 2 aliphatic rings. The molecule has 1 saturated carbocycles. The van der Waals surface area contributed by atoms with Gasteiger partial charge in [0, 0.05) is 25.6 Å². The van der Waals surface area contributed by atoms with E-state index in [4.69, 9.17) is 9.47 Å². The quantitative estimate of drug-likeness (QED) is 0.661. The highest BCUT2D eigenvalue weighted by Gasteiger charge is 2.34. The van der Waals surface area contributed by atoms with E-state index in [-0.39, 0.29) is 0 Å². The summed E-state index contributed by atoms with van der Waals surface area (Å²) in [6, 6.07) is 0. The molecule has 0 atom stereocenters. The van der Waals surface area contributed by atoms with E-state index in [2.05, 4.69) is 0 Å². The van der Waals surface area contributed by atoms with Crippen LogP contribution in [0, 0.1) is 5.92 Å². The summed E-state index contributed by atoms with van der Waals surface area (Å²) in [5.41, 5.74) is 0. The molecule has 0 spiro atoms. The molecule has 1 aliphatic carbocycles. The first-order chi connectivity index (χ1) is 8.31. The molecule has 4 heteroatoms. The van der Waals surface area contributed by atoms with Crippen molar-refractivity contribution in [3.05, 3.63) is 0 Å². The topological polar surface area (TPSA) is 38.8 Å². The summed E-state index contributed by atoms with van der Waals surface area (Å²) in [4.78, 5) is 13.8. The molecule has 0 aromatic rings. The van der Waals surface area contributed by atoms with Gasteiger partial charge in [-0.3, -0.25) is 4.79 Å². The third kappa shape index (κ3) is 3.96. The summed E-state index contributed by atoms with van der Waals surface area (Å²) in [5, 5.41) is 0. The van der Waals surface area contributed by atoms with E-state index in [0.29, 0.717) is 31.1 Å². The Morgan fingerprint density at radius 3 is 2.47 bits per heavy atom. The van der Waals surface area contributed by atoms with Crippen LogP contribution in [0.4, 0.5) is 0 Å². The van der Waals surface area contributed by atoms with Gasteiger partial charge >= 0.3 is 0 Å². The Morgan fingerprint density at radius 2 is 1.88 bits per heavy atom. The van der Waals surface area contributed by atoms with E-state index in [9.17, 15) is 4.79 Å². The van der Waals surface area contributed by atoms with E-state index in [1.807, 2.05) is 11.8 Å². The lowest BCUT2D eigenvalue weighted by atomic mass is 10.1. The molecule has 0 aromatic heterocycles. The minimum Gasteiger partial charge on any atom is -0.379 e. The number of piperidine rings is 1. The predicted octanol–water partition coefficient (Wildman–Crippen LogP) is 1.44. The lowest BCUT2D eigenvalue weighted by Crippen LogP contribution is -2.41. The van der Waals surface area contributed by atoms with Crippen molar-refractivity contribution in [3.63, 3.8) is 0 Å². The number of rotatable bonds is 6. The van der Waals surface area contributed by atoms with Gasteiger partial charge in [0.15, 0.2) is 0 Å². The molecule has 17 heavy (non-hydrogen) atoms. The minimum atomic E-state index is 0.318. The average molecular weight is 241 g/mol. The van der Waals surface area contributed by atoms with Crippen LogP contribution in [-0.2, 0) is 14.3 Å². The van der Waals surface area contributed by atoms with Crippen molar-refractivity contribution in [2.45, 2.75) is 38.7 Å². The molecule has 1 heterocycles. The van der Waals surface area contributed by atoms with Crippen LogP contribution in [0.15, 0.2) is 0 Å². The van der Waals surface area contributed by atoms with Crippen molar-refractivity contribution in [1.29, 1.82) is 0 Å². The van der Waals surface area contributed by atoms with Crippen LogP contribution < -0.4 is 0 Å². The fraction of sp³-hybridized carbons (Fsp3) is 0.923. The third-order valence-corrected chi connectivity index (χ3v) is 3.47. The van der Waals surface area contributed by atoms with Crippen molar-refractivity contribution >= 4 is 5.91 Å². The number of carbonyl (C=O) groups excluding carboxylic acids is 1. The van der Waals surface area contributed by atoms with Gasteiger partial charge in [-0.25, -0.2) is 0 Å². The van der Waals surface area contributed by atoms with Gasteiger partial charge in [-0.05, 0) is 32.6 Å². The van der Waals surface area contributed by atoms with E-state index in [1.54, 1.807) is 0 Å². The minimum absolute atomic E-state index is 0.318. The molecule has 0 radical (unpaired) electrons. The number of hydrogen-bond donors (Lipinski definition) is 0. The number of amides is 1. The van der Waals surface area contributed by atoms with Crippen LogP contribution in [0.3, 0.4) is 0 Å². The summed E-state index contributed by atoms with van der Waals surface area (Å²) in [6.07, 6.45) is 4.47. The Labute approximate surface area is 103 Å². The van der Waals surface area contributed by atoms with Crippen LogP contribution >= 0.6 is 0 Å². The van der Waals surface area contributed by atoms with Gasteiger partial charge < -0.3 is 14.4 Å². The Balaban J connectivity index is 1.58. The van der Waals surface area contributed by atoms with Gasteiger partial charge in [0.05, 0.1) is 19.3 Å². The maximum Gasteiger partial charge on any atom is 0.225 e. The Kier molecular flexibility index (Phi) is 4.80. The molecule has 98 valence electrons. The van der Waals surface area contributed by atoms with Crippen molar-refractivity contribution in [3.8, 4) is 0 Å². The zero-order valence-electron chi connectivity index (χ0n) is 10.7. The summed E-state index contributed by atoms with van der Waals surface area (Å²) in [7, 11) is 0. The van der Waals surface area contributed by atoms with Crippen LogP contribution in [0.5, 0.6) is 0 Å². The second-order valence-electron chi connectivity index (χ2n) is 4.87. The number of likely N-dealkylation sites (tertiary alicyclic amines) is 1. The van der Waals surface area contributed by atoms with Crippen molar-refractivity contribution in [1.82, 2.24) is 4.90 Å². The second-order valence-corrected chi connectivity index (χ2v) is 4.87. The van der Waals surface area contributed by atoms with Gasteiger partial charge in [-0.1, -0.05) is 0 Å². The van der Waals surface area contributed by atoms with Gasteiger partial charge in [0.2, 0.25) is 5.91 Å². The second kappa shape index (κ2) is 6.36. The van der Waals surface area contributed by atoms with E-state index in [1.165, 1.54) is 0 Å². The molecule has 1 amide bonds. The molecule has 0 unspecified atom stereocenters. The van der Waals surface area contributed by atoms with Gasteiger partial charge in [0.25, 0.3) is 0 Å². The van der Waals surface area contributed by atoms with Crippen molar-refractivity contribution in [2.24, 2.45) is 5.92 Å². The normalized spacial score (nSPS) is 21.8. The summed E-state index contributed by atoms with van der Waals surface area (Å²) < 4.78 is 11.0. The molecule has 2 rings (SSSR count). The van der Waals surface area contributed by atoms with Crippen molar-refractivity contribution < 1.29 is 14.3 Å². The zero-order chi connectivity index (χ0) is 12.1. The van der Waals surface area contributed by atoms with Gasteiger partial charge in [-0.2, -0.15) is 0 Å². The molecular weight excluding hydrogens is 218 g/mol. The highest BCUT2D eigenvalue weighted by atomic mass is 16.5. The maximum absolute atomic E-state index is 11.8. The highest BCUT2D eigenvalue weighted by molar-refractivity contribution is 5.81. The Hall–Kier alpha value is -0.610. The monoisotopic (exact) mass is 241 g/mol. The molecule has 1 saturated heterocycles. The maximum atomic E-state index is 11.8. The van der Waals surface area contributed by atoms with Crippen LogP contribution in [0.2, 0.25) is 0 Å². The predicted molar refractivity (Wildman–Crippen MR) is 64.8 cm³/mol. The molecule has 0 bridgehead atoms. The first-order valence-electron chi connectivity index (χ1n) is 6.79. The van der Waals surface area contributed by atoms with E-state index >= 15 is 0 Å². The highest BCUT2D eigenvalue weighted by Crippen LogP contribution is 2.32. The third-order valence-electron chi connectivity index (χ3n) is 3.47. The SMILES string of the molecule is CCOCCOC1CCN(C(=O)C2CC2)CC1. The number of ether oxygens (including phenoxy) is 2. The van der Waals surface area contributed by atoms with Crippen LogP contribution in [0.1, 0.15) is 32.6 Å². The lowest BCUT2D eigenvalue weighted by Gasteiger charge is -2.32. The van der Waals surface area contributed by atoms with Crippen molar-refractivity contribution in [2.75, 3.05) is 32.9 Å². The van der Waals surface area contributed by atoms with Gasteiger partial charge in [-0.15, -0.1) is 0 Å². The first-order valence-corrected chi connectivity index (χ1v) is 6.79. The molecule has 4 nitrogen and oxygen atoms in total. The molecule has 0 N–H and O–H groups in total. The molecule has 2 fully saturated rings. The van der Waals surface area contributed by atoms with Gasteiger partial charge in [0.1, 0.15) is 0 Å². The average Bonchev–Trinajstić information content (AvgIpc) is 3.19. The number of hydrogen-bond acceptors (Lipinski definition) is 3. The summed E-state index contributed by atoms with van der Waals surface area (Å²) >= 11 is 0. The first kappa shape index (κ1) is 12.8. The smallest absolute Gasteiger partial charge is 0.225 e. The Bertz CT molecular complexity index is 245. The summed E-state index contributed by atoms with van der Waals surface area (Å²) in [6.45, 7) is 5.83.